The van der Waals surface area contributed by atoms with E-state index < -0.39 is 42.5 Å². The number of nitrogens with zero attached hydrogens (tertiary/aromatic N) is 5. The summed E-state index contributed by atoms with van der Waals surface area (Å²) in [5.41, 5.74) is 11.9. The molecule has 0 aliphatic rings. The predicted octanol–water partition coefficient (Wildman–Crippen LogP) is 8.49. The number of hydrogen-bond acceptors (Lipinski definition) is 13. The number of aliphatic hydroxyl groups excluding tert-OH is 2. The van der Waals surface area contributed by atoms with Crippen molar-refractivity contribution in [3.8, 4) is 22.5 Å². The average molecular weight is 1150 g/mol. The molecule has 6 aromatic carbocycles. The molecule has 424 valence electrons. The van der Waals surface area contributed by atoms with Crippen LogP contribution in [0.3, 0.4) is 0 Å². The quantitative estimate of drug-likeness (QED) is 0.0250. The normalized spacial score (nSPS) is 13.0. The number of nitrogen functional groups attached to an aromatic ring is 1. The Kier molecular flexibility index (Phi) is 19.8. The molecule has 0 radical (unpaired) electrons. The minimum atomic E-state index is -3.73. The second kappa shape index (κ2) is 26.2. The molecule has 80 heavy (non-hydrogen) atoms. The fraction of sp³-hybridized carbons (Fsp3) is 0.276. The molecule has 0 fully saturated rings. The van der Waals surface area contributed by atoms with Gasteiger partial charge in [-0.05, 0) is 124 Å². The van der Waals surface area contributed by atoms with Gasteiger partial charge in [0.25, 0.3) is 20.0 Å². The maximum absolute atomic E-state index is 12.7. The first kappa shape index (κ1) is 60.2. The van der Waals surface area contributed by atoms with Gasteiger partial charge in [0.1, 0.15) is 0 Å². The molecule has 0 bridgehead atoms. The third kappa shape index (κ3) is 17.5. The molecular weight excluding hydrogens is 1070 g/mol. The van der Waals surface area contributed by atoms with Crippen LogP contribution in [0.1, 0.15) is 63.9 Å². The van der Waals surface area contributed by atoms with E-state index in [1.165, 1.54) is 38.4 Å². The van der Waals surface area contributed by atoms with Crippen LogP contribution in [0.4, 0.5) is 22.7 Å². The first-order valence-corrected chi connectivity index (χ1v) is 30.2. The third-order valence-electron chi connectivity index (χ3n) is 13.1. The minimum absolute atomic E-state index is 0.165. The van der Waals surface area contributed by atoms with E-state index in [-0.39, 0.29) is 27.4 Å². The molecule has 8 rings (SSSR count). The first-order valence-electron chi connectivity index (χ1n) is 25.8. The van der Waals surface area contributed by atoms with Gasteiger partial charge < -0.3 is 35.7 Å². The molecule has 2 aromatic heterocycles. The fourth-order valence-electron chi connectivity index (χ4n) is 8.09. The van der Waals surface area contributed by atoms with E-state index >= 15 is 0 Å². The summed E-state index contributed by atoms with van der Waals surface area (Å²) < 4.78 is 87.5. The molecule has 2 unspecified atom stereocenters. The second-order valence-corrected chi connectivity index (χ2v) is 26.0. The molecule has 9 N–H and O–H groups in total. The molecule has 22 heteroatoms. The summed E-state index contributed by atoms with van der Waals surface area (Å²) in [7, 11) is -8.09. The zero-order valence-electron chi connectivity index (χ0n) is 45.6. The molecule has 0 aliphatic carbocycles. The lowest BCUT2D eigenvalue weighted by atomic mass is 9.99. The van der Waals surface area contributed by atoms with Gasteiger partial charge in [-0.25, -0.2) is 26.8 Å². The topological polar surface area (TPSA) is 268 Å². The standard InChI is InChI=1S/C30H38N6O5S2.C28H33N5O3S/c1-30(2,17-18-36-21-28(31-22-36)23-13-15-25(16-14-23)34-43(40,41)35(3)4)32-20-29(37)24-9-8-10-26(19-24)33-42(38,39)27-11-6-5-7-12-27;1-28(2,15-16-33-19-26(30-20-33)21-11-13-23(29)14-12-21)31-18-27(34)22-7-6-8-24(17-22)32-37(35,36)25-9-4-3-5-10-25/h5-16,19,21-22,29,32-34,37H,17-18,20H2,1-4H3;3-14,17,19-20,27,31-32,34H,15-16,18,29H2,1-2H3. The number of rotatable bonds is 25. The Hall–Kier alpha value is -7.41. The lowest BCUT2D eigenvalue weighted by Crippen LogP contribution is -2.42. The third-order valence-corrected chi connectivity index (χ3v) is 17.3. The van der Waals surface area contributed by atoms with Crippen LogP contribution in [-0.2, 0) is 43.3 Å². The van der Waals surface area contributed by atoms with Gasteiger partial charge in [-0.1, -0.05) is 84.9 Å². The van der Waals surface area contributed by atoms with E-state index in [0.29, 0.717) is 41.3 Å². The highest BCUT2D eigenvalue weighted by molar-refractivity contribution is 7.93. The van der Waals surface area contributed by atoms with Gasteiger partial charge in [-0.2, -0.15) is 12.7 Å². The Morgan fingerprint density at radius 2 is 0.925 bits per heavy atom. The van der Waals surface area contributed by atoms with E-state index in [0.717, 1.165) is 51.9 Å². The highest BCUT2D eigenvalue weighted by atomic mass is 32.2. The van der Waals surface area contributed by atoms with Crippen LogP contribution in [0.5, 0.6) is 0 Å². The number of β-amino-alcohol motifs (C(OH)–C–C–N with tert-alkyl or cyclic N) is 2. The van der Waals surface area contributed by atoms with Gasteiger partial charge in [-0.3, -0.25) is 14.2 Å². The van der Waals surface area contributed by atoms with Crippen LogP contribution in [0.2, 0.25) is 0 Å². The molecule has 2 heterocycles. The largest absolute Gasteiger partial charge is 0.399 e. The zero-order chi connectivity index (χ0) is 57.7. The number of nitrogens with one attached hydrogen (secondary N) is 5. The Morgan fingerprint density at radius 1 is 0.525 bits per heavy atom. The number of benzene rings is 6. The van der Waals surface area contributed by atoms with Crippen molar-refractivity contribution in [3.05, 3.63) is 194 Å². The molecule has 0 amide bonds. The number of aryl methyl sites for hydroxylation is 2. The molecule has 0 spiro atoms. The Labute approximate surface area is 470 Å². The molecule has 0 saturated carbocycles. The monoisotopic (exact) mass is 1150 g/mol. The van der Waals surface area contributed by atoms with E-state index in [2.05, 4.69) is 62.5 Å². The summed E-state index contributed by atoms with van der Waals surface area (Å²) in [4.78, 5) is 9.34. The number of sulfonamides is 2. The van der Waals surface area contributed by atoms with Gasteiger partial charge >= 0.3 is 10.2 Å². The van der Waals surface area contributed by atoms with Crippen LogP contribution in [0, 0.1) is 0 Å². The van der Waals surface area contributed by atoms with E-state index in [1.54, 1.807) is 103 Å². The second-order valence-electron chi connectivity index (χ2n) is 20.7. The van der Waals surface area contributed by atoms with Crippen LogP contribution in [0.25, 0.3) is 22.5 Å². The number of nitrogens with two attached hydrogens (primary N) is 1. The van der Waals surface area contributed by atoms with Gasteiger partial charge in [0.05, 0.1) is 46.0 Å². The average Bonchev–Trinajstić information content (AvgIpc) is 4.15. The van der Waals surface area contributed by atoms with Gasteiger partial charge in [0.2, 0.25) is 0 Å². The number of imidazole rings is 2. The zero-order valence-corrected chi connectivity index (χ0v) is 48.0. The van der Waals surface area contributed by atoms with E-state index in [1.807, 2.05) is 64.3 Å². The summed E-state index contributed by atoms with van der Waals surface area (Å²) in [6.07, 6.45) is 7.44. The molecule has 0 saturated heterocycles. The summed E-state index contributed by atoms with van der Waals surface area (Å²) >= 11 is 0. The number of hydrogen-bond donors (Lipinski definition) is 8. The van der Waals surface area contributed by atoms with E-state index in [4.69, 9.17) is 5.73 Å². The fourth-order valence-corrected chi connectivity index (χ4v) is 10.8. The van der Waals surface area contributed by atoms with Crippen molar-refractivity contribution in [2.24, 2.45) is 0 Å². The maximum Gasteiger partial charge on any atom is 0.301 e. The molecule has 0 aliphatic heterocycles. The molecule has 19 nitrogen and oxygen atoms in total. The minimum Gasteiger partial charge on any atom is -0.399 e. The Morgan fingerprint density at radius 3 is 1.32 bits per heavy atom. The summed E-state index contributed by atoms with van der Waals surface area (Å²) in [5.74, 6) is 0. The first-order chi connectivity index (χ1) is 37.8. The van der Waals surface area contributed by atoms with Gasteiger partial charge in [0, 0.05) is 97.6 Å². The number of anilines is 4. The highest BCUT2D eigenvalue weighted by Crippen LogP contribution is 2.26. The van der Waals surface area contributed by atoms with Gasteiger partial charge in [0.15, 0.2) is 0 Å². The smallest absolute Gasteiger partial charge is 0.301 e. The number of aromatic nitrogens is 4. The lowest BCUT2D eigenvalue weighted by molar-refractivity contribution is 0.158. The SMILES string of the molecule is CC(C)(CCn1cnc(-c2ccc(N)cc2)c1)NCC(O)c1cccc(NS(=O)(=O)c2ccccc2)c1.CN(C)S(=O)(=O)Nc1ccc(-c2cn(CCC(C)(C)NCC(O)c3cccc(NS(=O)(=O)c4ccccc4)c3)cn2)cc1. The summed E-state index contributed by atoms with van der Waals surface area (Å²) in [6.45, 7) is 10.3. The van der Waals surface area contributed by atoms with Gasteiger partial charge in [-0.15, -0.1) is 0 Å². The van der Waals surface area contributed by atoms with E-state index in [9.17, 15) is 35.5 Å². The molecule has 2 atom stereocenters. The van der Waals surface area contributed by atoms with Crippen LogP contribution < -0.4 is 30.5 Å². The number of aliphatic hydroxyl groups is 2. The lowest BCUT2D eigenvalue weighted by Gasteiger charge is -2.28. The van der Waals surface area contributed by atoms with Crippen molar-refractivity contribution in [1.82, 2.24) is 34.0 Å². The van der Waals surface area contributed by atoms with Crippen molar-refractivity contribution >= 4 is 53.0 Å². The van der Waals surface area contributed by atoms with Crippen molar-refractivity contribution in [2.45, 2.75) is 86.7 Å². The van der Waals surface area contributed by atoms with Crippen molar-refractivity contribution in [2.75, 3.05) is 47.1 Å². The molecular formula is C58H71N11O8S3. The molecule has 8 aromatic rings. The van der Waals surface area contributed by atoms with Crippen LogP contribution >= 0.6 is 0 Å². The van der Waals surface area contributed by atoms with Crippen LogP contribution in [-0.4, -0.2) is 97.1 Å². The van der Waals surface area contributed by atoms with Crippen molar-refractivity contribution < 1.29 is 35.5 Å². The predicted molar refractivity (Wildman–Crippen MR) is 317 cm³/mol. The van der Waals surface area contributed by atoms with Crippen molar-refractivity contribution in [3.63, 3.8) is 0 Å². The summed E-state index contributed by atoms with van der Waals surface area (Å²) in [5, 5.41) is 28.5. The Bertz CT molecular complexity index is 3620. The van der Waals surface area contributed by atoms with Crippen molar-refractivity contribution in [1.29, 1.82) is 0 Å². The maximum atomic E-state index is 12.7. The highest BCUT2D eigenvalue weighted by Gasteiger charge is 2.23. The van der Waals surface area contributed by atoms with Crippen LogP contribution in [0.15, 0.2) is 193 Å². The Balaban J connectivity index is 0.000000234. The summed E-state index contributed by atoms with van der Waals surface area (Å²) in [6, 6.07) is 44.5.